The monoisotopic (exact) mass is 186 g/mol. The normalized spacial score (nSPS) is 27.1. The lowest BCUT2D eigenvalue weighted by Gasteiger charge is -2.38. The van der Waals surface area contributed by atoms with Crippen LogP contribution < -0.4 is 0 Å². The van der Waals surface area contributed by atoms with Crippen molar-refractivity contribution in [1.29, 1.82) is 0 Å². The quantitative estimate of drug-likeness (QED) is 0.735. The zero-order valence-electron chi connectivity index (χ0n) is 8.38. The summed E-state index contributed by atoms with van der Waals surface area (Å²) in [6.07, 6.45) is 3.88. The molecule has 1 aliphatic rings. The van der Waals surface area contributed by atoms with E-state index in [0.717, 1.165) is 25.7 Å². The van der Waals surface area contributed by atoms with E-state index in [1.807, 2.05) is 0 Å². The van der Waals surface area contributed by atoms with Gasteiger partial charge in [-0.15, -0.1) is 0 Å². The molecule has 1 aliphatic heterocycles. The molecular formula is C10H18O3. The molecule has 0 spiro atoms. The molecule has 0 aromatic carbocycles. The van der Waals surface area contributed by atoms with Crippen LogP contribution in [0.2, 0.25) is 0 Å². The fraction of sp³-hybridized carbons (Fsp3) is 0.900. The molecule has 1 heterocycles. The van der Waals surface area contributed by atoms with Gasteiger partial charge in [-0.05, 0) is 32.1 Å². The van der Waals surface area contributed by atoms with Crippen molar-refractivity contribution in [3.63, 3.8) is 0 Å². The average Bonchev–Trinajstić information content (AvgIpc) is 2.18. The Morgan fingerprint density at radius 2 is 2.15 bits per heavy atom. The second kappa shape index (κ2) is 4.09. The van der Waals surface area contributed by atoms with E-state index < -0.39 is 12.1 Å². The lowest BCUT2D eigenvalue weighted by Crippen LogP contribution is -2.42. The minimum absolute atomic E-state index is 0.165. The van der Waals surface area contributed by atoms with Gasteiger partial charge in [0.1, 0.15) is 0 Å². The van der Waals surface area contributed by atoms with Gasteiger partial charge in [-0.25, -0.2) is 4.79 Å². The minimum Gasteiger partial charge on any atom is -0.479 e. The van der Waals surface area contributed by atoms with Crippen molar-refractivity contribution in [2.75, 3.05) is 0 Å². The largest absolute Gasteiger partial charge is 0.479 e. The Bertz CT molecular complexity index is 185. The summed E-state index contributed by atoms with van der Waals surface area (Å²) in [5.41, 5.74) is -0.165. The summed E-state index contributed by atoms with van der Waals surface area (Å²) < 4.78 is 5.63. The Balaban J connectivity index is 2.63. The van der Waals surface area contributed by atoms with E-state index in [9.17, 15) is 4.79 Å². The molecule has 0 aromatic heterocycles. The van der Waals surface area contributed by atoms with E-state index in [2.05, 4.69) is 13.8 Å². The van der Waals surface area contributed by atoms with Gasteiger partial charge in [0.25, 0.3) is 0 Å². The highest BCUT2D eigenvalue weighted by molar-refractivity contribution is 5.72. The van der Waals surface area contributed by atoms with Gasteiger partial charge in [0.2, 0.25) is 0 Å². The van der Waals surface area contributed by atoms with Gasteiger partial charge in [0.15, 0.2) is 6.10 Å². The first-order valence-corrected chi connectivity index (χ1v) is 5.04. The molecule has 1 saturated heterocycles. The Kier molecular flexibility index (Phi) is 3.31. The number of carboxylic acids is 1. The lowest BCUT2D eigenvalue weighted by molar-refractivity contribution is -0.176. The molecule has 0 saturated carbocycles. The Morgan fingerprint density at radius 1 is 1.54 bits per heavy atom. The van der Waals surface area contributed by atoms with E-state index in [0.29, 0.717) is 6.42 Å². The molecule has 1 fully saturated rings. The third kappa shape index (κ3) is 2.21. The van der Waals surface area contributed by atoms with Crippen molar-refractivity contribution in [3.05, 3.63) is 0 Å². The van der Waals surface area contributed by atoms with Gasteiger partial charge in [-0.1, -0.05) is 13.8 Å². The number of aliphatic carboxylic acids is 1. The molecule has 13 heavy (non-hydrogen) atoms. The van der Waals surface area contributed by atoms with E-state index in [1.165, 1.54) is 0 Å². The molecule has 1 N–H and O–H groups in total. The van der Waals surface area contributed by atoms with E-state index in [-0.39, 0.29) is 5.60 Å². The van der Waals surface area contributed by atoms with Gasteiger partial charge in [-0.3, -0.25) is 0 Å². The van der Waals surface area contributed by atoms with Gasteiger partial charge < -0.3 is 9.84 Å². The molecule has 1 rings (SSSR count). The summed E-state index contributed by atoms with van der Waals surface area (Å²) in [6.45, 7) is 4.13. The van der Waals surface area contributed by atoms with Crippen LogP contribution in [0, 0.1) is 0 Å². The fourth-order valence-corrected chi connectivity index (χ4v) is 1.97. The Hall–Kier alpha value is -0.570. The number of hydrogen-bond donors (Lipinski definition) is 1. The summed E-state index contributed by atoms with van der Waals surface area (Å²) >= 11 is 0. The number of ether oxygens (including phenoxy) is 1. The van der Waals surface area contributed by atoms with E-state index in [1.54, 1.807) is 0 Å². The molecule has 0 radical (unpaired) electrons. The topological polar surface area (TPSA) is 46.5 Å². The molecule has 0 bridgehead atoms. The number of carboxylic acid groups (broad SMARTS) is 1. The van der Waals surface area contributed by atoms with Crippen molar-refractivity contribution in [1.82, 2.24) is 0 Å². The lowest BCUT2D eigenvalue weighted by atomic mass is 9.87. The van der Waals surface area contributed by atoms with Crippen molar-refractivity contribution in [3.8, 4) is 0 Å². The predicted molar refractivity (Wildman–Crippen MR) is 49.7 cm³/mol. The van der Waals surface area contributed by atoms with Crippen LogP contribution >= 0.6 is 0 Å². The Labute approximate surface area is 79.1 Å². The summed E-state index contributed by atoms with van der Waals surface area (Å²) in [5, 5.41) is 8.84. The van der Waals surface area contributed by atoms with Crippen LogP contribution in [0.4, 0.5) is 0 Å². The number of carbonyl (C=O) groups is 1. The standard InChI is InChI=1S/C10H18O3/c1-3-10(4-2)7-5-6-8(13-10)9(11)12/h8H,3-7H2,1-2H3,(H,11,12). The van der Waals surface area contributed by atoms with Crippen LogP contribution in [-0.4, -0.2) is 22.8 Å². The maximum Gasteiger partial charge on any atom is 0.332 e. The van der Waals surface area contributed by atoms with E-state index >= 15 is 0 Å². The Morgan fingerprint density at radius 3 is 2.62 bits per heavy atom. The summed E-state index contributed by atoms with van der Waals surface area (Å²) in [5.74, 6) is -0.814. The zero-order chi connectivity index (χ0) is 9.90. The van der Waals surface area contributed by atoms with Crippen LogP contribution in [0.25, 0.3) is 0 Å². The first-order chi connectivity index (χ1) is 6.13. The van der Waals surface area contributed by atoms with Crippen LogP contribution in [0.1, 0.15) is 46.0 Å². The average molecular weight is 186 g/mol. The maximum atomic E-state index is 10.7. The van der Waals surface area contributed by atoms with Gasteiger partial charge in [0.05, 0.1) is 5.60 Å². The summed E-state index contributed by atoms with van der Waals surface area (Å²) in [4.78, 5) is 10.7. The first-order valence-electron chi connectivity index (χ1n) is 5.04. The highest BCUT2D eigenvalue weighted by Gasteiger charge is 2.36. The molecule has 0 aromatic rings. The summed E-state index contributed by atoms with van der Waals surface area (Å²) in [7, 11) is 0. The molecule has 76 valence electrons. The van der Waals surface area contributed by atoms with Crippen molar-refractivity contribution < 1.29 is 14.6 Å². The number of rotatable bonds is 3. The molecule has 0 amide bonds. The van der Waals surface area contributed by atoms with Crippen LogP contribution in [0.15, 0.2) is 0 Å². The minimum atomic E-state index is -0.814. The molecule has 1 atom stereocenters. The van der Waals surface area contributed by atoms with Crippen LogP contribution in [-0.2, 0) is 9.53 Å². The van der Waals surface area contributed by atoms with Crippen molar-refractivity contribution in [2.45, 2.75) is 57.7 Å². The zero-order valence-corrected chi connectivity index (χ0v) is 8.38. The molecule has 1 unspecified atom stereocenters. The fourth-order valence-electron chi connectivity index (χ4n) is 1.97. The molecule has 3 heteroatoms. The van der Waals surface area contributed by atoms with Crippen molar-refractivity contribution in [2.24, 2.45) is 0 Å². The van der Waals surface area contributed by atoms with Gasteiger partial charge >= 0.3 is 5.97 Å². The highest BCUT2D eigenvalue weighted by Crippen LogP contribution is 2.34. The third-order valence-corrected chi connectivity index (χ3v) is 3.06. The van der Waals surface area contributed by atoms with Crippen LogP contribution in [0.5, 0.6) is 0 Å². The molecular weight excluding hydrogens is 168 g/mol. The van der Waals surface area contributed by atoms with Crippen molar-refractivity contribution >= 4 is 5.97 Å². The van der Waals surface area contributed by atoms with E-state index in [4.69, 9.17) is 9.84 Å². The maximum absolute atomic E-state index is 10.7. The highest BCUT2D eigenvalue weighted by atomic mass is 16.5. The molecule has 3 nitrogen and oxygen atoms in total. The first kappa shape index (κ1) is 10.5. The smallest absolute Gasteiger partial charge is 0.332 e. The molecule has 0 aliphatic carbocycles. The third-order valence-electron chi connectivity index (χ3n) is 3.06. The van der Waals surface area contributed by atoms with Gasteiger partial charge in [-0.2, -0.15) is 0 Å². The second-order valence-electron chi connectivity index (χ2n) is 3.73. The SMILES string of the molecule is CCC1(CC)CCCC(C(=O)O)O1. The van der Waals surface area contributed by atoms with Crippen LogP contribution in [0.3, 0.4) is 0 Å². The number of hydrogen-bond acceptors (Lipinski definition) is 2. The van der Waals surface area contributed by atoms with Gasteiger partial charge in [0, 0.05) is 0 Å². The predicted octanol–water partition coefficient (Wildman–Crippen LogP) is 2.20. The summed E-state index contributed by atoms with van der Waals surface area (Å²) in [6, 6.07) is 0. The second-order valence-corrected chi connectivity index (χ2v) is 3.73.